The molecule has 0 bridgehead atoms. The van der Waals surface area contributed by atoms with E-state index in [0.717, 1.165) is 4.90 Å². The van der Waals surface area contributed by atoms with E-state index in [1.165, 1.54) is 12.1 Å². The number of carbonyl (C=O) groups is 3. The van der Waals surface area contributed by atoms with Gasteiger partial charge in [0.25, 0.3) is 16.8 Å². The summed E-state index contributed by atoms with van der Waals surface area (Å²) in [5, 5.41) is 13.7. The highest BCUT2D eigenvalue weighted by atomic mass is 35.5. The predicted molar refractivity (Wildman–Crippen MR) is 128 cm³/mol. The van der Waals surface area contributed by atoms with Gasteiger partial charge in [-0.2, -0.15) is 0 Å². The third kappa shape index (κ3) is 5.03. The Kier molecular flexibility index (Phi) is 6.53. The van der Waals surface area contributed by atoms with Crippen molar-refractivity contribution >= 4 is 57.9 Å². The molecule has 0 saturated carbocycles. The number of furan rings is 1. The third-order valence-electron chi connectivity index (χ3n) is 4.89. The Labute approximate surface area is 202 Å². The van der Waals surface area contributed by atoms with Crippen LogP contribution in [0.2, 0.25) is 5.02 Å². The Balaban J connectivity index is 1.47. The Morgan fingerprint density at radius 2 is 1.91 bits per heavy atom. The zero-order valence-electron chi connectivity index (χ0n) is 17.6. The fourth-order valence-electron chi connectivity index (χ4n) is 3.19. The first-order valence-electron chi connectivity index (χ1n) is 9.87. The molecule has 0 spiro atoms. The second-order valence-corrected chi connectivity index (χ2v) is 8.71. The van der Waals surface area contributed by atoms with E-state index in [1.807, 2.05) is 0 Å². The molecule has 11 heteroatoms. The van der Waals surface area contributed by atoms with Crippen molar-refractivity contribution in [3.05, 3.63) is 86.0 Å². The van der Waals surface area contributed by atoms with Crippen LogP contribution in [-0.4, -0.2) is 33.4 Å². The Hall–Kier alpha value is -3.89. The number of benzene rings is 2. The lowest BCUT2D eigenvalue weighted by atomic mass is 10.1. The Bertz CT molecular complexity index is 1350. The number of aryl methyl sites for hydroxylation is 1. The van der Waals surface area contributed by atoms with Crippen LogP contribution in [0.5, 0.6) is 0 Å². The molecule has 3 aromatic rings. The zero-order chi connectivity index (χ0) is 24.4. The highest BCUT2D eigenvalue weighted by molar-refractivity contribution is 8.18. The number of imide groups is 1. The quantitative estimate of drug-likeness (QED) is 0.271. The lowest BCUT2D eigenvalue weighted by molar-refractivity contribution is -0.385. The molecule has 1 aromatic heterocycles. The minimum atomic E-state index is -0.620. The summed E-state index contributed by atoms with van der Waals surface area (Å²) in [6.45, 7) is 1.20. The number of halogens is 1. The first-order chi connectivity index (χ1) is 16.2. The number of rotatable bonds is 6. The molecule has 4 rings (SSSR count). The molecule has 3 amide bonds. The van der Waals surface area contributed by atoms with E-state index < -0.39 is 28.5 Å². The summed E-state index contributed by atoms with van der Waals surface area (Å²) in [4.78, 5) is 48.9. The SMILES string of the molecule is Cc1ccc(-c2ccc(/C=C3/SC(=O)N(CC(=O)Nc4ccc(Cl)cc4)C3=O)o2)cc1[N+](=O)[O-]. The van der Waals surface area contributed by atoms with Gasteiger partial charge in [-0.1, -0.05) is 23.7 Å². The van der Waals surface area contributed by atoms with Crippen LogP contribution in [0.25, 0.3) is 17.4 Å². The molecule has 1 aliphatic rings. The number of amides is 3. The first kappa shape index (κ1) is 23.3. The van der Waals surface area contributed by atoms with Crippen LogP contribution >= 0.6 is 23.4 Å². The lowest BCUT2D eigenvalue weighted by Gasteiger charge is -2.12. The molecule has 1 aliphatic heterocycles. The maximum atomic E-state index is 12.7. The number of thioether (sulfide) groups is 1. The summed E-state index contributed by atoms with van der Waals surface area (Å²) in [5.74, 6) is -0.498. The van der Waals surface area contributed by atoms with Gasteiger partial charge in [0.15, 0.2) is 0 Å². The summed E-state index contributed by atoms with van der Waals surface area (Å²) >= 11 is 6.51. The van der Waals surface area contributed by atoms with E-state index in [1.54, 1.807) is 55.5 Å². The number of anilines is 1. The number of nitro groups is 1. The number of carbonyl (C=O) groups excluding carboxylic acids is 3. The van der Waals surface area contributed by atoms with Crippen molar-refractivity contribution < 1.29 is 23.7 Å². The van der Waals surface area contributed by atoms with Gasteiger partial charge in [0.05, 0.1) is 9.83 Å². The van der Waals surface area contributed by atoms with Crippen LogP contribution in [0, 0.1) is 17.0 Å². The number of hydrogen-bond acceptors (Lipinski definition) is 7. The van der Waals surface area contributed by atoms with Crippen molar-refractivity contribution in [3.63, 3.8) is 0 Å². The zero-order valence-corrected chi connectivity index (χ0v) is 19.2. The molecule has 1 N–H and O–H groups in total. The number of hydrogen-bond donors (Lipinski definition) is 1. The Morgan fingerprint density at radius 1 is 1.18 bits per heavy atom. The first-order valence-corrected chi connectivity index (χ1v) is 11.1. The van der Waals surface area contributed by atoms with Gasteiger partial charge in [0, 0.05) is 34.0 Å². The highest BCUT2D eigenvalue weighted by Crippen LogP contribution is 2.34. The Morgan fingerprint density at radius 3 is 2.62 bits per heavy atom. The van der Waals surface area contributed by atoms with E-state index in [9.17, 15) is 24.5 Å². The van der Waals surface area contributed by atoms with E-state index >= 15 is 0 Å². The second-order valence-electron chi connectivity index (χ2n) is 7.28. The van der Waals surface area contributed by atoms with E-state index in [2.05, 4.69) is 5.32 Å². The number of nitrogens with zero attached hydrogens (tertiary/aromatic N) is 2. The normalized spacial score (nSPS) is 14.6. The maximum absolute atomic E-state index is 12.7. The van der Waals surface area contributed by atoms with Gasteiger partial charge in [0.1, 0.15) is 18.1 Å². The molecule has 0 radical (unpaired) electrons. The summed E-state index contributed by atoms with van der Waals surface area (Å²) < 4.78 is 5.71. The molecule has 1 fully saturated rings. The molecule has 9 nitrogen and oxygen atoms in total. The van der Waals surface area contributed by atoms with Crippen LogP contribution in [0.15, 0.2) is 63.9 Å². The molecule has 1 saturated heterocycles. The predicted octanol–water partition coefficient (Wildman–Crippen LogP) is 5.49. The summed E-state index contributed by atoms with van der Waals surface area (Å²) in [7, 11) is 0. The maximum Gasteiger partial charge on any atom is 0.294 e. The van der Waals surface area contributed by atoms with Gasteiger partial charge in [-0.05, 0) is 55.1 Å². The molecule has 34 heavy (non-hydrogen) atoms. The number of nitrogens with one attached hydrogen (secondary N) is 1. The van der Waals surface area contributed by atoms with E-state index in [-0.39, 0.29) is 16.4 Å². The lowest BCUT2D eigenvalue weighted by Crippen LogP contribution is -2.36. The van der Waals surface area contributed by atoms with Crippen molar-refractivity contribution in [1.29, 1.82) is 0 Å². The standard InChI is InChI=1S/C23H16ClN3O6S/c1-13-2-3-14(10-18(13)27(31)32)19-9-8-17(33-19)11-20-22(29)26(23(30)34-20)12-21(28)25-16-6-4-15(24)5-7-16/h2-11H,12H2,1H3,(H,25,28)/b20-11+. The van der Waals surface area contributed by atoms with Crippen LogP contribution in [-0.2, 0) is 9.59 Å². The molecule has 2 heterocycles. The van der Waals surface area contributed by atoms with E-state index in [4.69, 9.17) is 16.0 Å². The molecule has 0 unspecified atom stereocenters. The average molecular weight is 498 g/mol. The smallest absolute Gasteiger partial charge is 0.294 e. The van der Waals surface area contributed by atoms with Crippen molar-refractivity contribution in [1.82, 2.24) is 4.90 Å². The van der Waals surface area contributed by atoms with Crippen molar-refractivity contribution in [2.75, 3.05) is 11.9 Å². The summed E-state index contributed by atoms with van der Waals surface area (Å²) in [6, 6.07) is 14.3. The molecular formula is C23H16ClN3O6S. The van der Waals surface area contributed by atoms with Gasteiger partial charge in [-0.15, -0.1) is 0 Å². The molecule has 172 valence electrons. The molecular weight excluding hydrogens is 482 g/mol. The highest BCUT2D eigenvalue weighted by Gasteiger charge is 2.36. The minimum Gasteiger partial charge on any atom is -0.457 e. The fourth-order valence-corrected chi connectivity index (χ4v) is 4.13. The van der Waals surface area contributed by atoms with Crippen LogP contribution in [0.4, 0.5) is 16.2 Å². The molecule has 0 aliphatic carbocycles. The topological polar surface area (TPSA) is 123 Å². The van der Waals surface area contributed by atoms with Gasteiger partial charge in [-0.25, -0.2) is 0 Å². The van der Waals surface area contributed by atoms with Crippen molar-refractivity contribution in [3.8, 4) is 11.3 Å². The average Bonchev–Trinajstić information content (AvgIpc) is 3.36. The van der Waals surface area contributed by atoms with Crippen molar-refractivity contribution in [2.45, 2.75) is 6.92 Å². The molecule has 0 atom stereocenters. The van der Waals surface area contributed by atoms with Crippen LogP contribution < -0.4 is 5.32 Å². The largest absolute Gasteiger partial charge is 0.457 e. The van der Waals surface area contributed by atoms with Gasteiger partial charge >= 0.3 is 0 Å². The van der Waals surface area contributed by atoms with Crippen LogP contribution in [0.1, 0.15) is 11.3 Å². The summed E-state index contributed by atoms with van der Waals surface area (Å²) in [6.07, 6.45) is 1.40. The fraction of sp³-hybridized carbons (Fsp3) is 0.0870. The van der Waals surface area contributed by atoms with Gasteiger partial charge in [0.2, 0.25) is 5.91 Å². The molecule has 2 aromatic carbocycles. The van der Waals surface area contributed by atoms with Crippen LogP contribution in [0.3, 0.4) is 0 Å². The minimum absolute atomic E-state index is 0.0338. The second kappa shape index (κ2) is 9.54. The summed E-state index contributed by atoms with van der Waals surface area (Å²) in [5.41, 5.74) is 1.48. The van der Waals surface area contributed by atoms with Gasteiger partial charge < -0.3 is 9.73 Å². The van der Waals surface area contributed by atoms with Crippen molar-refractivity contribution in [2.24, 2.45) is 0 Å². The van der Waals surface area contributed by atoms with Gasteiger partial charge in [-0.3, -0.25) is 29.4 Å². The monoisotopic (exact) mass is 497 g/mol. The van der Waals surface area contributed by atoms with E-state index in [0.29, 0.717) is 39.4 Å². The third-order valence-corrected chi connectivity index (χ3v) is 6.05. The number of nitro benzene ring substituents is 1.